The highest BCUT2D eigenvalue weighted by Crippen LogP contribution is 2.37. The van der Waals surface area contributed by atoms with Crippen molar-refractivity contribution in [2.24, 2.45) is 0 Å². The molecule has 3 rings (SSSR count). The number of hydrogen-bond donors (Lipinski definition) is 0. The summed E-state index contributed by atoms with van der Waals surface area (Å²) in [5.41, 5.74) is 0. The zero-order valence-electron chi connectivity index (χ0n) is 11.6. The highest BCUT2D eigenvalue weighted by molar-refractivity contribution is 7.68. The number of halogens is 2. The van der Waals surface area contributed by atoms with Crippen LogP contribution in [0, 0.1) is 0 Å². The molecule has 0 atom stereocenters. The van der Waals surface area contributed by atoms with E-state index in [2.05, 4.69) is 0 Å². The zero-order chi connectivity index (χ0) is 15.4. The molecule has 0 spiro atoms. The summed E-state index contributed by atoms with van der Waals surface area (Å²) in [6.07, 6.45) is 0. The van der Waals surface area contributed by atoms with Gasteiger partial charge < -0.3 is 4.52 Å². The van der Waals surface area contributed by atoms with E-state index in [9.17, 15) is 0 Å². The first-order valence-electron chi connectivity index (χ1n) is 6.77. The molecule has 22 heavy (non-hydrogen) atoms. The van der Waals surface area contributed by atoms with Crippen LogP contribution in [0.15, 0.2) is 78.9 Å². The summed E-state index contributed by atoms with van der Waals surface area (Å²) in [5, 5.41) is 3.64. The van der Waals surface area contributed by atoms with Crippen LogP contribution in [0.5, 0.6) is 5.75 Å². The first kappa shape index (κ1) is 15.4. The first-order valence-corrected chi connectivity index (χ1v) is 8.78. The second-order valence-electron chi connectivity index (χ2n) is 4.65. The Labute approximate surface area is 141 Å². The second kappa shape index (κ2) is 7.15. The van der Waals surface area contributed by atoms with Crippen molar-refractivity contribution in [3.05, 3.63) is 88.9 Å². The van der Waals surface area contributed by atoms with Crippen molar-refractivity contribution in [1.82, 2.24) is 0 Å². The summed E-state index contributed by atoms with van der Waals surface area (Å²) >= 11 is 12.0. The van der Waals surface area contributed by atoms with E-state index in [-0.39, 0.29) is 0 Å². The summed E-state index contributed by atoms with van der Waals surface area (Å²) < 4.78 is 6.24. The van der Waals surface area contributed by atoms with Crippen molar-refractivity contribution in [2.75, 3.05) is 0 Å². The summed E-state index contributed by atoms with van der Waals surface area (Å²) in [6.45, 7) is 0. The normalized spacial score (nSPS) is 10.7. The predicted octanol–water partition coefficient (Wildman–Crippen LogP) is 5.42. The molecule has 3 aromatic carbocycles. The van der Waals surface area contributed by atoms with Gasteiger partial charge in [-0.05, 0) is 60.7 Å². The summed E-state index contributed by atoms with van der Waals surface area (Å²) in [4.78, 5) is 0. The third-order valence-electron chi connectivity index (χ3n) is 3.06. The molecule has 1 nitrogen and oxygen atoms in total. The summed E-state index contributed by atoms with van der Waals surface area (Å²) in [6, 6.07) is 25.4. The molecule has 0 radical (unpaired) electrons. The number of hydrogen-bond acceptors (Lipinski definition) is 1. The fourth-order valence-corrected chi connectivity index (χ4v) is 3.93. The Bertz CT molecular complexity index is 682. The predicted molar refractivity (Wildman–Crippen MR) is 96.2 cm³/mol. The standard InChI is InChI=1S/C18H13Cl2OP/c19-14-6-10-17(11-7-14)22(18-12-8-15(20)9-13-18)21-16-4-2-1-3-5-16/h1-13H. The third-order valence-corrected chi connectivity index (χ3v) is 5.49. The molecule has 0 N–H and O–H groups in total. The minimum absolute atomic E-state index is 0.717. The van der Waals surface area contributed by atoms with Crippen molar-refractivity contribution in [3.63, 3.8) is 0 Å². The Hall–Kier alpha value is -1.53. The van der Waals surface area contributed by atoms with Gasteiger partial charge in [0.1, 0.15) is 5.75 Å². The Morgan fingerprint density at radius 2 is 1.05 bits per heavy atom. The van der Waals surface area contributed by atoms with E-state index in [1.165, 1.54) is 0 Å². The maximum atomic E-state index is 6.24. The van der Waals surface area contributed by atoms with Gasteiger partial charge in [0, 0.05) is 20.7 Å². The van der Waals surface area contributed by atoms with E-state index in [4.69, 9.17) is 27.7 Å². The monoisotopic (exact) mass is 346 g/mol. The van der Waals surface area contributed by atoms with E-state index < -0.39 is 8.15 Å². The van der Waals surface area contributed by atoms with Crippen LogP contribution in [0.4, 0.5) is 0 Å². The van der Waals surface area contributed by atoms with Gasteiger partial charge in [0.25, 0.3) is 0 Å². The lowest BCUT2D eigenvalue weighted by Gasteiger charge is -2.19. The van der Waals surface area contributed by atoms with Crippen LogP contribution in [0.2, 0.25) is 10.0 Å². The molecule has 0 saturated heterocycles. The highest BCUT2D eigenvalue weighted by atomic mass is 35.5. The molecule has 110 valence electrons. The zero-order valence-corrected chi connectivity index (χ0v) is 14.0. The maximum absolute atomic E-state index is 6.24. The smallest absolute Gasteiger partial charge is 0.150 e. The van der Waals surface area contributed by atoms with Crippen molar-refractivity contribution >= 4 is 42.0 Å². The molecule has 0 unspecified atom stereocenters. The number of para-hydroxylation sites is 1. The molecular formula is C18H13Cl2OP. The lowest BCUT2D eigenvalue weighted by Crippen LogP contribution is -2.15. The van der Waals surface area contributed by atoms with Crippen LogP contribution < -0.4 is 15.1 Å². The summed E-state index contributed by atoms with van der Waals surface area (Å²) in [5.74, 6) is 0.846. The first-order chi connectivity index (χ1) is 10.7. The minimum Gasteiger partial charge on any atom is -0.464 e. The van der Waals surface area contributed by atoms with Gasteiger partial charge in [0.15, 0.2) is 8.15 Å². The SMILES string of the molecule is Clc1ccc(P(Oc2ccccc2)c2ccc(Cl)cc2)cc1. The van der Waals surface area contributed by atoms with Gasteiger partial charge in [-0.3, -0.25) is 0 Å². The largest absolute Gasteiger partial charge is 0.464 e. The van der Waals surface area contributed by atoms with Crippen LogP contribution >= 0.6 is 31.4 Å². The molecule has 0 aliphatic carbocycles. The molecule has 0 amide bonds. The van der Waals surface area contributed by atoms with Gasteiger partial charge in [-0.25, -0.2) is 0 Å². The quantitative estimate of drug-likeness (QED) is 0.573. The van der Waals surface area contributed by atoms with Crippen molar-refractivity contribution in [1.29, 1.82) is 0 Å². The fraction of sp³-hybridized carbons (Fsp3) is 0. The van der Waals surface area contributed by atoms with Crippen LogP contribution in [-0.2, 0) is 0 Å². The van der Waals surface area contributed by atoms with Crippen LogP contribution in [0.3, 0.4) is 0 Å². The van der Waals surface area contributed by atoms with Crippen molar-refractivity contribution < 1.29 is 4.52 Å². The second-order valence-corrected chi connectivity index (χ2v) is 7.33. The molecule has 0 bridgehead atoms. The van der Waals surface area contributed by atoms with Crippen LogP contribution in [0.25, 0.3) is 0 Å². The third kappa shape index (κ3) is 3.81. The van der Waals surface area contributed by atoms with E-state index in [0.29, 0.717) is 0 Å². The molecule has 0 fully saturated rings. The average molecular weight is 347 g/mol. The highest BCUT2D eigenvalue weighted by Gasteiger charge is 2.17. The minimum atomic E-state index is -0.969. The Morgan fingerprint density at radius 3 is 1.50 bits per heavy atom. The summed E-state index contributed by atoms with van der Waals surface area (Å²) in [7, 11) is -0.969. The van der Waals surface area contributed by atoms with Crippen LogP contribution in [-0.4, -0.2) is 0 Å². The van der Waals surface area contributed by atoms with Gasteiger partial charge in [0.05, 0.1) is 0 Å². The van der Waals surface area contributed by atoms with Gasteiger partial charge in [-0.2, -0.15) is 0 Å². The van der Waals surface area contributed by atoms with Gasteiger partial charge in [-0.1, -0.05) is 41.4 Å². The maximum Gasteiger partial charge on any atom is 0.150 e. The Kier molecular flexibility index (Phi) is 5.00. The fourth-order valence-electron chi connectivity index (χ4n) is 1.99. The van der Waals surface area contributed by atoms with Gasteiger partial charge >= 0.3 is 0 Å². The molecule has 0 heterocycles. The molecule has 4 heteroatoms. The Balaban J connectivity index is 1.97. The van der Waals surface area contributed by atoms with E-state index in [1.807, 2.05) is 78.9 Å². The average Bonchev–Trinajstić information content (AvgIpc) is 2.56. The number of benzene rings is 3. The molecular weight excluding hydrogens is 334 g/mol. The molecule has 0 aliphatic rings. The van der Waals surface area contributed by atoms with E-state index in [1.54, 1.807) is 0 Å². The van der Waals surface area contributed by atoms with Gasteiger partial charge in [0.2, 0.25) is 0 Å². The van der Waals surface area contributed by atoms with E-state index >= 15 is 0 Å². The van der Waals surface area contributed by atoms with Gasteiger partial charge in [-0.15, -0.1) is 0 Å². The van der Waals surface area contributed by atoms with Crippen LogP contribution in [0.1, 0.15) is 0 Å². The topological polar surface area (TPSA) is 9.23 Å². The number of rotatable bonds is 4. The molecule has 0 aromatic heterocycles. The van der Waals surface area contributed by atoms with Crippen molar-refractivity contribution in [2.45, 2.75) is 0 Å². The molecule has 0 aliphatic heterocycles. The Morgan fingerprint density at radius 1 is 0.591 bits per heavy atom. The van der Waals surface area contributed by atoms with Crippen molar-refractivity contribution in [3.8, 4) is 5.75 Å². The van der Waals surface area contributed by atoms with E-state index in [0.717, 1.165) is 26.4 Å². The molecule has 3 aromatic rings. The molecule has 0 saturated carbocycles. The lowest BCUT2D eigenvalue weighted by atomic mass is 10.3. The lowest BCUT2D eigenvalue weighted by molar-refractivity contribution is 0.630.